The Bertz CT molecular complexity index is 4200. The van der Waals surface area contributed by atoms with Crippen LogP contribution in [0.4, 0.5) is 34.1 Å². The summed E-state index contributed by atoms with van der Waals surface area (Å²) in [7, 11) is 0. The molecule has 0 saturated carbocycles. The zero-order chi connectivity index (χ0) is 61.9. The van der Waals surface area contributed by atoms with Crippen LogP contribution in [0.1, 0.15) is 158 Å². The molecule has 2 nitrogen and oxygen atoms in total. The number of benzene rings is 10. The Labute approximate surface area is 522 Å². The second-order valence-electron chi connectivity index (χ2n) is 31.2. The Morgan fingerprint density at radius 1 is 0.241 bits per heavy atom. The normalized spacial score (nSPS) is 13.6. The molecular weight excluding hydrogens is 1050 g/mol. The highest BCUT2D eigenvalue weighted by Crippen LogP contribution is 2.50. The first-order chi connectivity index (χ1) is 40.9. The summed E-state index contributed by atoms with van der Waals surface area (Å²) >= 11 is 0. The first kappa shape index (κ1) is 59.2. The van der Waals surface area contributed by atoms with Crippen LogP contribution in [-0.2, 0) is 32.5 Å². The minimum atomic E-state index is -0.143. The maximum Gasteiger partial charge on any atom is 0.252 e. The summed E-state index contributed by atoms with van der Waals surface area (Å²) in [4.78, 5) is 5.25. The molecule has 12 rings (SSSR count). The van der Waals surface area contributed by atoms with Crippen molar-refractivity contribution in [2.24, 2.45) is 0 Å². The Balaban J connectivity index is 1.22. The SMILES string of the molecule is CC(C)(C)c1cc(-c2ccc(N3c4ccc(-c5ccccc5C(C)(C)C)cc4B4c5cc(-c6ccccc6C(C)(C)C)ccc5N(c5ccccc5-c5ccccc5)c5cc(-c6cc(C(C)(C)C)cc(C(C)(C)C)c6)cc3c54)cc2)cc(C(C)(C)C)c1. The molecule has 3 heteroatoms. The van der Waals surface area contributed by atoms with E-state index in [1.165, 1.54) is 128 Å². The molecule has 438 valence electrons. The van der Waals surface area contributed by atoms with E-state index in [0.29, 0.717) is 0 Å². The molecule has 0 aliphatic carbocycles. The van der Waals surface area contributed by atoms with Crippen LogP contribution in [0.2, 0.25) is 0 Å². The monoisotopic (exact) mass is 1140 g/mol. The van der Waals surface area contributed by atoms with Crippen molar-refractivity contribution in [3.8, 4) is 55.6 Å². The third-order valence-electron chi connectivity index (χ3n) is 18.5. The smallest absolute Gasteiger partial charge is 0.252 e. The first-order valence-corrected chi connectivity index (χ1v) is 31.8. The lowest BCUT2D eigenvalue weighted by Crippen LogP contribution is -2.61. The predicted molar refractivity (Wildman–Crippen MR) is 380 cm³/mol. The van der Waals surface area contributed by atoms with Crippen LogP contribution in [0, 0.1) is 0 Å². The number of fused-ring (bicyclic) bond motifs is 4. The highest BCUT2D eigenvalue weighted by molar-refractivity contribution is 7.00. The van der Waals surface area contributed by atoms with E-state index < -0.39 is 0 Å². The molecule has 0 radical (unpaired) electrons. The fourth-order valence-electron chi connectivity index (χ4n) is 13.5. The molecule has 0 unspecified atom stereocenters. The molecule has 0 saturated heterocycles. The van der Waals surface area contributed by atoms with Gasteiger partial charge in [-0.1, -0.05) is 294 Å². The van der Waals surface area contributed by atoms with Crippen LogP contribution in [0.3, 0.4) is 0 Å². The summed E-state index contributed by atoms with van der Waals surface area (Å²) in [6.45, 7) is 42.0. The number of para-hydroxylation sites is 1. The van der Waals surface area contributed by atoms with Crippen molar-refractivity contribution in [2.75, 3.05) is 9.80 Å². The fourth-order valence-corrected chi connectivity index (χ4v) is 13.5. The highest BCUT2D eigenvalue weighted by Gasteiger charge is 2.45. The molecule has 0 spiro atoms. The average Bonchev–Trinajstić information content (AvgIpc) is 0.706. The topological polar surface area (TPSA) is 6.48 Å². The van der Waals surface area contributed by atoms with Gasteiger partial charge in [-0.2, -0.15) is 0 Å². The van der Waals surface area contributed by atoms with Crippen LogP contribution in [0.15, 0.2) is 212 Å². The standard InChI is InChI=1S/C84H89BN2/c1-79(2,3)61-44-58(45-62(52-61)80(4,5)6)54-36-40-65(41-37-54)86-74-42-38-56(66-30-22-25-33-69(66)83(13,14)15)48-71(74)85-72-49-57(67-31-23-26-34-70(67)84(16,17)18)39-43-75(72)87(73-35-27-24-32-68(73)55-28-20-19-21-29-55)77-51-60(50-76(86)78(77)85)59-46-63(81(7,8)9)53-64(47-59)82(10,11)12/h19-53H,1-18H3. The van der Waals surface area contributed by atoms with Crippen molar-refractivity contribution in [3.05, 3.63) is 246 Å². The minimum absolute atomic E-state index is 0.00867. The van der Waals surface area contributed by atoms with Gasteiger partial charge in [0, 0.05) is 34.0 Å². The molecule has 10 aromatic rings. The molecule has 10 aromatic carbocycles. The first-order valence-electron chi connectivity index (χ1n) is 31.8. The Hall–Kier alpha value is -8.14. The Kier molecular flexibility index (Phi) is 14.5. The van der Waals surface area contributed by atoms with E-state index in [4.69, 9.17) is 0 Å². The van der Waals surface area contributed by atoms with Gasteiger partial charge in [0.05, 0.1) is 5.69 Å². The molecule has 2 aliphatic rings. The minimum Gasteiger partial charge on any atom is -0.311 e. The van der Waals surface area contributed by atoms with E-state index in [1.54, 1.807) is 0 Å². The van der Waals surface area contributed by atoms with Gasteiger partial charge < -0.3 is 9.80 Å². The summed E-state index contributed by atoms with van der Waals surface area (Å²) in [5.74, 6) is 0. The summed E-state index contributed by atoms with van der Waals surface area (Å²) in [5.41, 5.74) is 30.8. The van der Waals surface area contributed by atoms with Gasteiger partial charge in [-0.3, -0.25) is 0 Å². The average molecular weight is 1140 g/mol. The van der Waals surface area contributed by atoms with E-state index >= 15 is 0 Å². The van der Waals surface area contributed by atoms with E-state index in [2.05, 4.69) is 347 Å². The summed E-state index contributed by atoms with van der Waals surface area (Å²) in [6.07, 6.45) is 0. The van der Waals surface area contributed by atoms with Gasteiger partial charge in [-0.05, 0) is 175 Å². The summed E-state index contributed by atoms with van der Waals surface area (Å²) < 4.78 is 0. The Morgan fingerprint density at radius 3 is 1.06 bits per heavy atom. The number of hydrogen-bond donors (Lipinski definition) is 0. The lowest BCUT2D eigenvalue weighted by atomic mass is 9.33. The largest absolute Gasteiger partial charge is 0.311 e. The van der Waals surface area contributed by atoms with Gasteiger partial charge in [-0.15, -0.1) is 0 Å². The van der Waals surface area contributed by atoms with Crippen molar-refractivity contribution >= 4 is 57.2 Å². The maximum atomic E-state index is 2.63. The predicted octanol–water partition coefficient (Wildman–Crippen LogP) is 21.9. The van der Waals surface area contributed by atoms with Gasteiger partial charge >= 0.3 is 0 Å². The number of hydrogen-bond acceptors (Lipinski definition) is 2. The quantitative estimate of drug-likeness (QED) is 0.147. The summed E-state index contributed by atoms with van der Waals surface area (Å²) in [6, 6.07) is 82.4. The third kappa shape index (κ3) is 11.1. The van der Waals surface area contributed by atoms with Gasteiger partial charge in [0.1, 0.15) is 0 Å². The fraction of sp³-hybridized carbons (Fsp3) is 0.286. The molecule has 2 heterocycles. The Morgan fingerprint density at radius 2 is 0.609 bits per heavy atom. The molecule has 0 aromatic heterocycles. The molecule has 87 heavy (non-hydrogen) atoms. The van der Waals surface area contributed by atoms with Crippen LogP contribution in [0.5, 0.6) is 0 Å². The van der Waals surface area contributed by atoms with Crippen LogP contribution in [-0.4, -0.2) is 6.71 Å². The molecule has 0 atom stereocenters. The van der Waals surface area contributed by atoms with Crippen molar-refractivity contribution in [1.82, 2.24) is 0 Å². The van der Waals surface area contributed by atoms with Crippen LogP contribution < -0.4 is 26.2 Å². The van der Waals surface area contributed by atoms with Gasteiger partial charge in [0.25, 0.3) is 6.71 Å². The van der Waals surface area contributed by atoms with E-state index in [-0.39, 0.29) is 39.2 Å². The molecule has 0 bridgehead atoms. The van der Waals surface area contributed by atoms with Gasteiger partial charge in [-0.25, -0.2) is 0 Å². The molecule has 2 aliphatic heterocycles. The van der Waals surface area contributed by atoms with Crippen molar-refractivity contribution in [3.63, 3.8) is 0 Å². The lowest BCUT2D eigenvalue weighted by Gasteiger charge is -2.45. The highest BCUT2D eigenvalue weighted by atomic mass is 15.2. The second kappa shape index (κ2) is 21.3. The number of anilines is 6. The van der Waals surface area contributed by atoms with Crippen LogP contribution in [0.25, 0.3) is 55.6 Å². The zero-order valence-corrected chi connectivity index (χ0v) is 55.2. The lowest BCUT2D eigenvalue weighted by molar-refractivity contribution is 0.568. The van der Waals surface area contributed by atoms with Crippen molar-refractivity contribution in [1.29, 1.82) is 0 Å². The van der Waals surface area contributed by atoms with Crippen LogP contribution >= 0.6 is 0 Å². The molecule has 0 amide bonds. The zero-order valence-electron chi connectivity index (χ0n) is 55.2. The van der Waals surface area contributed by atoms with E-state index in [0.717, 1.165) is 11.4 Å². The van der Waals surface area contributed by atoms with E-state index in [1.807, 2.05) is 0 Å². The third-order valence-corrected chi connectivity index (χ3v) is 18.5. The number of rotatable bonds is 7. The number of nitrogens with zero attached hydrogens (tertiary/aromatic N) is 2. The van der Waals surface area contributed by atoms with Gasteiger partial charge in [0.15, 0.2) is 0 Å². The van der Waals surface area contributed by atoms with E-state index in [9.17, 15) is 0 Å². The van der Waals surface area contributed by atoms with Crippen molar-refractivity contribution < 1.29 is 0 Å². The maximum absolute atomic E-state index is 2.63. The van der Waals surface area contributed by atoms with Gasteiger partial charge in [0.2, 0.25) is 0 Å². The second-order valence-corrected chi connectivity index (χ2v) is 31.2. The molecule has 0 N–H and O–H groups in total. The molecular formula is C84H89BN2. The molecule has 0 fully saturated rings. The summed E-state index contributed by atoms with van der Waals surface area (Å²) in [5, 5.41) is 0. The van der Waals surface area contributed by atoms with Crippen molar-refractivity contribution in [2.45, 2.75) is 157 Å².